The third-order valence-corrected chi connectivity index (χ3v) is 2.18. The molecule has 72 valence electrons. The van der Waals surface area contributed by atoms with Crippen molar-refractivity contribution in [2.75, 3.05) is 13.6 Å². The van der Waals surface area contributed by atoms with Gasteiger partial charge < -0.3 is 15.5 Å². The number of nitrogens with one attached hydrogen (secondary N) is 1. The molecule has 0 aliphatic heterocycles. The zero-order chi connectivity index (χ0) is 9.84. The Morgan fingerprint density at radius 2 is 2.08 bits per heavy atom. The molecule has 0 aliphatic carbocycles. The molecule has 0 amide bonds. The molecule has 1 rings (SSSR count). The SMILES string of the molecule is CNCCc1c(Cl)ccc(O)c1O. The average Bonchev–Trinajstić information content (AvgIpc) is 2.12. The van der Waals surface area contributed by atoms with Gasteiger partial charge in [-0.05, 0) is 32.1 Å². The van der Waals surface area contributed by atoms with Crippen LogP contribution >= 0.6 is 11.6 Å². The van der Waals surface area contributed by atoms with E-state index in [1.54, 1.807) is 6.07 Å². The topological polar surface area (TPSA) is 52.5 Å². The van der Waals surface area contributed by atoms with E-state index in [0.29, 0.717) is 23.6 Å². The summed E-state index contributed by atoms with van der Waals surface area (Å²) in [6, 6.07) is 2.95. The Morgan fingerprint density at radius 1 is 1.38 bits per heavy atom. The van der Waals surface area contributed by atoms with Crippen LogP contribution in [0.2, 0.25) is 5.02 Å². The van der Waals surface area contributed by atoms with E-state index in [2.05, 4.69) is 5.32 Å². The first-order valence-corrected chi connectivity index (χ1v) is 4.38. The van der Waals surface area contributed by atoms with Gasteiger partial charge in [-0.25, -0.2) is 0 Å². The van der Waals surface area contributed by atoms with E-state index in [1.165, 1.54) is 6.07 Å². The highest BCUT2D eigenvalue weighted by molar-refractivity contribution is 6.31. The van der Waals surface area contributed by atoms with Gasteiger partial charge in [-0.15, -0.1) is 0 Å². The minimum absolute atomic E-state index is 0.122. The third-order valence-electron chi connectivity index (χ3n) is 1.83. The molecule has 0 saturated carbocycles. The molecule has 1 aromatic carbocycles. The molecule has 0 unspecified atom stereocenters. The number of hydrogen-bond acceptors (Lipinski definition) is 3. The summed E-state index contributed by atoms with van der Waals surface area (Å²) in [5.41, 5.74) is 0.580. The molecule has 0 radical (unpaired) electrons. The molecule has 3 N–H and O–H groups in total. The number of halogens is 1. The van der Waals surface area contributed by atoms with Gasteiger partial charge >= 0.3 is 0 Å². The lowest BCUT2D eigenvalue weighted by molar-refractivity contribution is 0.399. The smallest absolute Gasteiger partial charge is 0.162 e. The highest BCUT2D eigenvalue weighted by Gasteiger charge is 2.09. The number of rotatable bonds is 3. The number of benzene rings is 1. The minimum Gasteiger partial charge on any atom is -0.504 e. The first-order valence-electron chi connectivity index (χ1n) is 4.00. The molecule has 0 bridgehead atoms. The van der Waals surface area contributed by atoms with Gasteiger partial charge in [0.2, 0.25) is 0 Å². The van der Waals surface area contributed by atoms with Gasteiger partial charge in [0.15, 0.2) is 11.5 Å². The van der Waals surface area contributed by atoms with Crippen LogP contribution in [0.5, 0.6) is 11.5 Å². The van der Waals surface area contributed by atoms with Crippen LogP contribution in [0.3, 0.4) is 0 Å². The Hall–Kier alpha value is -0.930. The Labute approximate surface area is 82.0 Å². The van der Waals surface area contributed by atoms with Crippen molar-refractivity contribution in [2.45, 2.75) is 6.42 Å². The van der Waals surface area contributed by atoms with E-state index >= 15 is 0 Å². The summed E-state index contributed by atoms with van der Waals surface area (Å²) in [4.78, 5) is 0. The number of hydrogen-bond donors (Lipinski definition) is 3. The lowest BCUT2D eigenvalue weighted by atomic mass is 10.1. The lowest BCUT2D eigenvalue weighted by Gasteiger charge is -2.07. The van der Waals surface area contributed by atoms with Crippen molar-refractivity contribution in [3.63, 3.8) is 0 Å². The maximum atomic E-state index is 9.44. The Balaban J connectivity index is 2.96. The Bertz CT molecular complexity index is 302. The van der Waals surface area contributed by atoms with Crippen LogP contribution in [0.15, 0.2) is 12.1 Å². The number of aromatic hydroxyl groups is 2. The van der Waals surface area contributed by atoms with Crippen LogP contribution in [-0.2, 0) is 6.42 Å². The summed E-state index contributed by atoms with van der Waals surface area (Å²) in [6.07, 6.45) is 0.593. The van der Waals surface area contributed by atoms with Crippen LogP contribution in [0, 0.1) is 0 Å². The monoisotopic (exact) mass is 201 g/mol. The zero-order valence-electron chi connectivity index (χ0n) is 7.34. The highest BCUT2D eigenvalue weighted by Crippen LogP contribution is 2.33. The molecule has 3 nitrogen and oxygen atoms in total. The molecule has 0 aromatic heterocycles. The van der Waals surface area contributed by atoms with Crippen molar-refractivity contribution in [1.82, 2.24) is 5.32 Å². The van der Waals surface area contributed by atoms with Gasteiger partial charge in [0, 0.05) is 10.6 Å². The fraction of sp³-hybridized carbons (Fsp3) is 0.333. The second kappa shape index (κ2) is 4.35. The van der Waals surface area contributed by atoms with E-state index in [4.69, 9.17) is 11.6 Å². The summed E-state index contributed by atoms with van der Waals surface area (Å²) < 4.78 is 0. The molecule has 0 heterocycles. The fourth-order valence-electron chi connectivity index (χ4n) is 1.09. The van der Waals surface area contributed by atoms with E-state index in [-0.39, 0.29) is 11.5 Å². The molecule has 4 heteroatoms. The van der Waals surface area contributed by atoms with Gasteiger partial charge in [-0.2, -0.15) is 0 Å². The van der Waals surface area contributed by atoms with Crippen molar-refractivity contribution in [3.05, 3.63) is 22.7 Å². The van der Waals surface area contributed by atoms with Crippen molar-refractivity contribution in [1.29, 1.82) is 0 Å². The number of likely N-dealkylation sites (N-methyl/N-ethyl adjacent to an activating group) is 1. The van der Waals surface area contributed by atoms with Crippen molar-refractivity contribution >= 4 is 11.6 Å². The zero-order valence-corrected chi connectivity index (χ0v) is 8.10. The molecule has 13 heavy (non-hydrogen) atoms. The van der Waals surface area contributed by atoms with Crippen molar-refractivity contribution in [3.8, 4) is 11.5 Å². The van der Waals surface area contributed by atoms with Gasteiger partial charge in [-0.3, -0.25) is 0 Å². The standard InChI is InChI=1S/C9H12ClNO2/c1-11-5-4-6-7(10)2-3-8(12)9(6)13/h2-3,11-13H,4-5H2,1H3. The molecular formula is C9H12ClNO2. The largest absolute Gasteiger partial charge is 0.504 e. The number of phenols is 2. The predicted molar refractivity (Wildman–Crippen MR) is 52.4 cm³/mol. The Kier molecular flexibility index (Phi) is 3.39. The second-order valence-electron chi connectivity index (χ2n) is 2.75. The molecule has 0 saturated heterocycles. The quantitative estimate of drug-likeness (QED) is 0.650. The lowest BCUT2D eigenvalue weighted by Crippen LogP contribution is -2.10. The average molecular weight is 202 g/mol. The molecule has 1 aromatic rings. The van der Waals surface area contributed by atoms with Crippen LogP contribution in [0.25, 0.3) is 0 Å². The van der Waals surface area contributed by atoms with E-state index < -0.39 is 0 Å². The molecule has 0 aliphatic rings. The first kappa shape index (κ1) is 10.2. The third kappa shape index (κ3) is 2.26. The summed E-state index contributed by atoms with van der Waals surface area (Å²) in [5.74, 6) is -0.252. The second-order valence-corrected chi connectivity index (χ2v) is 3.15. The van der Waals surface area contributed by atoms with E-state index in [9.17, 15) is 10.2 Å². The molecule has 0 spiro atoms. The molecular weight excluding hydrogens is 190 g/mol. The van der Waals surface area contributed by atoms with Crippen molar-refractivity contribution in [2.24, 2.45) is 0 Å². The van der Waals surface area contributed by atoms with Crippen LogP contribution in [0.4, 0.5) is 0 Å². The first-order chi connectivity index (χ1) is 6.16. The van der Waals surface area contributed by atoms with Gasteiger partial charge in [-0.1, -0.05) is 11.6 Å². The van der Waals surface area contributed by atoms with E-state index in [0.717, 1.165) is 0 Å². The summed E-state index contributed by atoms with van der Waals surface area (Å²) in [5, 5.41) is 22.1. The van der Waals surface area contributed by atoms with E-state index in [1.807, 2.05) is 7.05 Å². The predicted octanol–water partition coefficient (Wildman–Crippen LogP) is 1.51. The van der Waals surface area contributed by atoms with Crippen LogP contribution < -0.4 is 5.32 Å². The molecule has 0 atom stereocenters. The van der Waals surface area contributed by atoms with Crippen LogP contribution in [0.1, 0.15) is 5.56 Å². The minimum atomic E-state index is -0.129. The van der Waals surface area contributed by atoms with Crippen LogP contribution in [-0.4, -0.2) is 23.8 Å². The Morgan fingerprint density at radius 3 is 2.69 bits per heavy atom. The molecule has 0 fully saturated rings. The fourth-order valence-corrected chi connectivity index (χ4v) is 1.33. The normalized spacial score (nSPS) is 10.3. The number of phenolic OH excluding ortho intramolecular Hbond substituents is 2. The summed E-state index contributed by atoms with van der Waals surface area (Å²) in [6.45, 7) is 0.705. The highest BCUT2D eigenvalue weighted by atomic mass is 35.5. The summed E-state index contributed by atoms with van der Waals surface area (Å²) in [7, 11) is 1.81. The van der Waals surface area contributed by atoms with Crippen molar-refractivity contribution < 1.29 is 10.2 Å². The summed E-state index contributed by atoms with van der Waals surface area (Å²) >= 11 is 5.84. The maximum Gasteiger partial charge on any atom is 0.162 e. The van der Waals surface area contributed by atoms with Gasteiger partial charge in [0.1, 0.15) is 0 Å². The maximum absolute atomic E-state index is 9.44. The van der Waals surface area contributed by atoms with Gasteiger partial charge in [0.25, 0.3) is 0 Å². The van der Waals surface area contributed by atoms with Gasteiger partial charge in [0.05, 0.1) is 0 Å².